The number of sulfone groups is 1. The maximum Gasteiger partial charge on any atom is 0.231 e. The SMILES string of the molecule is CCC1Cc2c(c(Nc3nc(Nc4ccccc4S(=O)(=O)C(C)C)c4c(C)[nH]nc4n3)cc(C)c2C2CCNCC2)O1.COCC1Cc2c(c(N)cc(C)c2C2CCNCC2)O1. The Morgan fingerprint density at radius 1 is 0.839 bits per heavy atom. The number of H-pyrrole nitrogens is 1. The molecule has 2 atom stereocenters. The predicted molar refractivity (Wildman–Crippen MR) is 247 cm³/mol. The van der Waals surface area contributed by atoms with Gasteiger partial charge in [0.15, 0.2) is 15.5 Å². The molecule has 6 heterocycles. The van der Waals surface area contributed by atoms with Gasteiger partial charge >= 0.3 is 0 Å². The van der Waals surface area contributed by atoms with E-state index in [1.54, 1.807) is 45.2 Å². The summed E-state index contributed by atoms with van der Waals surface area (Å²) in [5.74, 6) is 3.76. The number of para-hydroxylation sites is 1. The Hall–Kier alpha value is -4.96. The number of piperidine rings is 2. The number of fused-ring (bicyclic) bond motifs is 3. The molecule has 14 nitrogen and oxygen atoms in total. The Morgan fingerprint density at radius 3 is 2.10 bits per heavy atom. The van der Waals surface area contributed by atoms with E-state index in [1.807, 2.05) is 6.92 Å². The molecule has 0 spiro atoms. The van der Waals surface area contributed by atoms with Crippen LogP contribution in [0.4, 0.5) is 28.8 Å². The number of hydrogen-bond donors (Lipinski definition) is 6. The van der Waals surface area contributed by atoms with Crippen LogP contribution in [0.5, 0.6) is 11.5 Å². The van der Waals surface area contributed by atoms with Crippen molar-refractivity contribution in [1.29, 1.82) is 0 Å². The fraction of sp³-hybridized carbons (Fsp3) is 0.511. The molecule has 0 amide bonds. The van der Waals surface area contributed by atoms with Gasteiger partial charge in [0.25, 0.3) is 0 Å². The van der Waals surface area contributed by atoms with Gasteiger partial charge in [-0.15, -0.1) is 0 Å². The molecule has 2 unspecified atom stereocenters. The lowest BCUT2D eigenvalue weighted by Gasteiger charge is -2.27. The lowest BCUT2D eigenvalue weighted by molar-refractivity contribution is 0.0955. The molecule has 9 rings (SSSR count). The number of nitrogens with two attached hydrogens (primary N) is 1. The fourth-order valence-corrected chi connectivity index (χ4v) is 11.0. The van der Waals surface area contributed by atoms with Crippen LogP contribution < -0.4 is 36.5 Å². The van der Waals surface area contributed by atoms with E-state index in [-0.39, 0.29) is 17.1 Å². The highest BCUT2D eigenvalue weighted by atomic mass is 32.2. The quantitative estimate of drug-likeness (QED) is 0.0706. The van der Waals surface area contributed by atoms with E-state index in [2.05, 4.69) is 64.4 Å². The van der Waals surface area contributed by atoms with Crippen molar-refractivity contribution >= 4 is 49.7 Å². The van der Waals surface area contributed by atoms with Crippen LogP contribution >= 0.6 is 0 Å². The lowest BCUT2D eigenvalue weighted by atomic mass is 9.82. The molecule has 0 bridgehead atoms. The van der Waals surface area contributed by atoms with Gasteiger partial charge in [0.1, 0.15) is 29.5 Å². The number of nitrogen functional groups attached to an aromatic ring is 1. The molecule has 2 aromatic heterocycles. The van der Waals surface area contributed by atoms with E-state index in [4.69, 9.17) is 29.9 Å². The van der Waals surface area contributed by atoms with E-state index in [9.17, 15) is 8.42 Å². The van der Waals surface area contributed by atoms with Crippen molar-refractivity contribution in [2.75, 3.05) is 56.3 Å². The molecule has 62 heavy (non-hydrogen) atoms. The molecule has 0 aliphatic carbocycles. The topological polar surface area (TPSA) is 190 Å². The monoisotopic (exact) mass is 865 g/mol. The highest BCUT2D eigenvalue weighted by Gasteiger charge is 2.34. The van der Waals surface area contributed by atoms with Gasteiger partial charge in [-0.1, -0.05) is 19.1 Å². The summed E-state index contributed by atoms with van der Waals surface area (Å²) in [6, 6.07) is 11.1. The summed E-state index contributed by atoms with van der Waals surface area (Å²) >= 11 is 0. The average molecular weight is 866 g/mol. The number of aryl methyl sites for hydroxylation is 3. The molecular formula is C47H63N9O5S. The lowest BCUT2D eigenvalue weighted by Crippen LogP contribution is -2.27. The van der Waals surface area contributed by atoms with Gasteiger partial charge in [-0.3, -0.25) is 5.10 Å². The van der Waals surface area contributed by atoms with Crippen LogP contribution in [0.1, 0.15) is 104 Å². The Balaban J connectivity index is 0.000000220. The number of anilines is 5. The van der Waals surface area contributed by atoms with Gasteiger partial charge in [0, 0.05) is 36.8 Å². The number of nitrogens with zero attached hydrogens (tertiary/aromatic N) is 3. The Labute approximate surface area is 365 Å². The second-order valence-corrected chi connectivity index (χ2v) is 20.0. The summed E-state index contributed by atoms with van der Waals surface area (Å²) in [6.45, 7) is 16.7. The molecular weight excluding hydrogens is 803 g/mol. The van der Waals surface area contributed by atoms with Crippen LogP contribution in [0, 0.1) is 20.8 Å². The maximum absolute atomic E-state index is 13.1. The van der Waals surface area contributed by atoms with Crippen LogP contribution in [-0.2, 0) is 27.4 Å². The molecule has 5 aromatic rings. The molecule has 4 aliphatic rings. The molecule has 0 radical (unpaired) electrons. The van der Waals surface area contributed by atoms with Gasteiger partial charge < -0.3 is 41.2 Å². The Kier molecular flexibility index (Phi) is 13.0. The zero-order chi connectivity index (χ0) is 43.7. The summed E-state index contributed by atoms with van der Waals surface area (Å²) in [5.41, 5.74) is 17.5. The minimum Gasteiger partial charge on any atom is -0.488 e. The van der Waals surface area contributed by atoms with E-state index in [0.717, 1.165) is 86.9 Å². The van der Waals surface area contributed by atoms with E-state index >= 15 is 0 Å². The van der Waals surface area contributed by atoms with Gasteiger partial charge in [-0.05, 0) is 151 Å². The smallest absolute Gasteiger partial charge is 0.231 e. The largest absolute Gasteiger partial charge is 0.488 e. The van der Waals surface area contributed by atoms with Crippen LogP contribution in [0.25, 0.3) is 11.0 Å². The average Bonchev–Trinajstić information content (AvgIpc) is 3.99. The first-order valence-corrected chi connectivity index (χ1v) is 23.8. The Morgan fingerprint density at radius 2 is 1.45 bits per heavy atom. The summed E-state index contributed by atoms with van der Waals surface area (Å²) in [5, 5.41) is 21.2. The number of ether oxygens (including phenoxy) is 3. The third kappa shape index (κ3) is 8.69. The second-order valence-electron chi connectivity index (χ2n) is 17.5. The van der Waals surface area contributed by atoms with Crippen molar-refractivity contribution in [1.82, 2.24) is 30.8 Å². The first-order valence-electron chi connectivity index (χ1n) is 22.3. The normalized spacial score (nSPS) is 19.1. The number of methoxy groups -OCH3 is 1. The molecule has 0 saturated carbocycles. The third-order valence-electron chi connectivity index (χ3n) is 12.9. The van der Waals surface area contributed by atoms with Gasteiger partial charge in [-0.25, -0.2) is 8.42 Å². The van der Waals surface area contributed by atoms with E-state index < -0.39 is 15.1 Å². The summed E-state index contributed by atoms with van der Waals surface area (Å²) in [7, 11) is -1.82. The number of aromatic nitrogens is 4. The van der Waals surface area contributed by atoms with E-state index in [0.29, 0.717) is 46.9 Å². The molecule has 15 heteroatoms. The van der Waals surface area contributed by atoms with Crippen LogP contribution in [0.15, 0.2) is 41.3 Å². The molecule has 332 valence electrons. The number of rotatable bonds is 11. The van der Waals surface area contributed by atoms with Crippen LogP contribution in [0.3, 0.4) is 0 Å². The predicted octanol–water partition coefficient (Wildman–Crippen LogP) is 7.81. The number of aromatic amines is 1. The summed E-state index contributed by atoms with van der Waals surface area (Å²) in [6.07, 6.45) is 7.65. The van der Waals surface area contributed by atoms with Gasteiger partial charge in [0.2, 0.25) is 5.95 Å². The van der Waals surface area contributed by atoms with E-state index in [1.165, 1.54) is 46.2 Å². The minimum atomic E-state index is -3.53. The van der Waals surface area contributed by atoms with Crippen molar-refractivity contribution in [3.63, 3.8) is 0 Å². The summed E-state index contributed by atoms with van der Waals surface area (Å²) in [4.78, 5) is 9.79. The minimum absolute atomic E-state index is 0.111. The first-order chi connectivity index (χ1) is 29.9. The highest BCUT2D eigenvalue weighted by Crippen LogP contribution is 2.47. The fourth-order valence-electron chi connectivity index (χ4n) is 9.84. The maximum atomic E-state index is 13.1. The zero-order valence-corrected chi connectivity index (χ0v) is 38.0. The molecule has 2 saturated heterocycles. The highest BCUT2D eigenvalue weighted by molar-refractivity contribution is 7.92. The number of benzene rings is 3. The standard InChI is InChI=1S/C31H39N7O3S.C16H24N2O2/c1-6-21-16-22-26(20-11-13-32-14-12-20)18(4)15-24(28(22)41-21)34-31-35-29(27-19(5)37-38-30(27)36-31)33-23-9-7-8-10-25(23)42(39,40)17(2)3;1-10-7-14(17)16-13(8-12(20-16)9-19-2)15(10)11-3-5-18-6-4-11/h7-10,15,17,20-21,32H,6,11-14,16H2,1-5H3,(H3,33,34,35,36,37,38);7,11-12,18H,3-6,8-9,17H2,1-2H3. The molecule has 2 fully saturated rings. The van der Waals surface area contributed by atoms with Gasteiger partial charge in [-0.2, -0.15) is 15.1 Å². The Bertz CT molecular complexity index is 2530. The van der Waals surface area contributed by atoms with Crippen molar-refractivity contribution in [3.8, 4) is 11.5 Å². The van der Waals surface area contributed by atoms with Crippen molar-refractivity contribution in [2.45, 2.75) is 121 Å². The number of nitrogens with one attached hydrogen (secondary N) is 5. The van der Waals surface area contributed by atoms with Gasteiger partial charge in [0.05, 0.1) is 39.2 Å². The number of hydrogen-bond acceptors (Lipinski definition) is 13. The molecule has 4 aliphatic heterocycles. The third-order valence-corrected chi connectivity index (χ3v) is 15.1. The molecule has 7 N–H and O–H groups in total. The molecule has 3 aromatic carbocycles. The van der Waals surface area contributed by atoms with Crippen LogP contribution in [0.2, 0.25) is 0 Å². The first kappa shape index (κ1) is 43.7. The van der Waals surface area contributed by atoms with Crippen LogP contribution in [-0.4, -0.2) is 85.9 Å². The zero-order valence-electron chi connectivity index (χ0n) is 37.2. The summed E-state index contributed by atoms with van der Waals surface area (Å²) < 4.78 is 44.0. The second kappa shape index (κ2) is 18.4. The van der Waals surface area contributed by atoms with Crippen molar-refractivity contribution < 1.29 is 22.6 Å². The van der Waals surface area contributed by atoms with Crippen molar-refractivity contribution in [2.24, 2.45) is 0 Å². The van der Waals surface area contributed by atoms with Crippen molar-refractivity contribution in [3.05, 3.63) is 75.5 Å².